The highest BCUT2D eigenvalue weighted by Gasteiger charge is 2.17. The van der Waals surface area contributed by atoms with Crippen molar-refractivity contribution in [1.82, 2.24) is 15.0 Å². The highest BCUT2D eigenvalue weighted by atomic mass is 32.1. The number of hydrogen-bond acceptors (Lipinski definition) is 5. The Labute approximate surface area is 274 Å². The molecule has 0 atom stereocenters. The van der Waals surface area contributed by atoms with E-state index in [-0.39, 0.29) is 0 Å². The van der Waals surface area contributed by atoms with Gasteiger partial charge < -0.3 is 0 Å². The van der Waals surface area contributed by atoms with Crippen LogP contribution in [0.15, 0.2) is 152 Å². The maximum Gasteiger partial charge on any atom is 0.161 e. The Balaban J connectivity index is 1.19. The summed E-state index contributed by atoms with van der Waals surface area (Å²) < 4.78 is 3.66. The second-order valence-corrected chi connectivity index (χ2v) is 13.4. The smallest absolute Gasteiger partial charge is 0.161 e. The molecule has 0 bridgehead atoms. The topological polar surface area (TPSA) is 38.7 Å². The van der Waals surface area contributed by atoms with E-state index in [1.807, 2.05) is 29.5 Å². The lowest BCUT2D eigenvalue weighted by Gasteiger charge is -2.11. The van der Waals surface area contributed by atoms with E-state index >= 15 is 0 Å². The molecule has 0 unspecified atom stereocenters. The average Bonchev–Trinajstić information content (AvgIpc) is 3.74. The molecule has 0 aliphatic heterocycles. The first-order valence-electron chi connectivity index (χ1n) is 15.2. The van der Waals surface area contributed by atoms with Crippen LogP contribution < -0.4 is 0 Å². The Kier molecular flexibility index (Phi) is 6.51. The third kappa shape index (κ3) is 4.78. The number of para-hydroxylation sites is 1. The van der Waals surface area contributed by atoms with Crippen LogP contribution in [0.4, 0.5) is 0 Å². The zero-order chi connectivity index (χ0) is 30.5. The molecule has 3 nitrogen and oxygen atoms in total. The number of aromatic nitrogens is 3. The molecule has 0 spiro atoms. The van der Waals surface area contributed by atoms with Crippen LogP contribution in [0, 0.1) is 0 Å². The first-order chi connectivity index (χ1) is 22.8. The lowest BCUT2D eigenvalue weighted by atomic mass is 10.0. The number of fused-ring (bicyclic) bond motifs is 4. The minimum Gasteiger partial charge on any atom is -0.236 e. The maximum atomic E-state index is 5.21. The minimum atomic E-state index is 0.726. The van der Waals surface area contributed by atoms with Crippen LogP contribution in [0.5, 0.6) is 0 Å². The van der Waals surface area contributed by atoms with E-state index in [9.17, 15) is 0 Å². The highest BCUT2D eigenvalue weighted by Crippen LogP contribution is 2.42. The number of nitrogens with zero attached hydrogens (tertiary/aromatic N) is 3. The van der Waals surface area contributed by atoms with E-state index in [1.54, 1.807) is 11.3 Å². The minimum absolute atomic E-state index is 0.726. The lowest BCUT2D eigenvalue weighted by Crippen LogP contribution is -1.96. The molecule has 9 rings (SSSR count). The fourth-order valence-corrected chi connectivity index (χ4v) is 8.21. The third-order valence-electron chi connectivity index (χ3n) is 8.36. The second-order valence-electron chi connectivity index (χ2n) is 11.2. The quantitative estimate of drug-likeness (QED) is 0.191. The zero-order valence-electron chi connectivity index (χ0n) is 24.6. The van der Waals surface area contributed by atoms with Crippen molar-refractivity contribution in [2.24, 2.45) is 0 Å². The number of thiazole rings is 1. The van der Waals surface area contributed by atoms with Crippen molar-refractivity contribution in [1.29, 1.82) is 0 Å². The Morgan fingerprint density at radius 2 is 1.00 bits per heavy atom. The van der Waals surface area contributed by atoms with Crippen LogP contribution in [0.2, 0.25) is 0 Å². The van der Waals surface area contributed by atoms with Gasteiger partial charge in [0.05, 0.1) is 21.6 Å². The molecule has 216 valence electrons. The molecule has 0 saturated heterocycles. The van der Waals surface area contributed by atoms with Gasteiger partial charge >= 0.3 is 0 Å². The van der Waals surface area contributed by atoms with E-state index in [0.717, 1.165) is 50.0 Å². The number of hydrogen-bond donors (Lipinski definition) is 0. The van der Waals surface area contributed by atoms with Crippen LogP contribution >= 0.6 is 22.7 Å². The predicted octanol–water partition coefficient (Wildman–Crippen LogP) is 11.8. The van der Waals surface area contributed by atoms with Gasteiger partial charge in [-0.3, -0.25) is 0 Å². The normalized spacial score (nSPS) is 11.5. The molecule has 0 N–H and O–H groups in total. The van der Waals surface area contributed by atoms with E-state index in [0.29, 0.717) is 0 Å². The molecule has 5 heteroatoms. The van der Waals surface area contributed by atoms with Crippen LogP contribution in [-0.2, 0) is 0 Å². The summed E-state index contributed by atoms with van der Waals surface area (Å²) in [5, 5.41) is 3.44. The molecule has 0 saturated carbocycles. The summed E-state index contributed by atoms with van der Waals surface area (Å²) in [7, 11) is 0. The van der Waals surface area contributed by atoms with Crippen LogP contribution in [-0.4, -0.2) is 15.0 Å². The van der Waals surface area contributed by atoms with Crippen molar-refractivity contribution in [3.05, 3.63) is 152 Å². The summed E-state index contributed by atoms with van der Waals surface area (Å²) in [6.07, 6.45) is 0. The fraction of sp³-hybridized carbons (Fsp3) is 0. The van der Waals surface area contributed by atoms with Crippen LogP contribution in [0.1, 0.15) is 0 Å². The summed E-state index contributed by atoms with van der Waals surface area (Å²) >= 11 is 3.55. The highest BCUT2D eigenvalue weighted by molar-refractivity contribution is 7.26. The first-order valence-corrected chi connectivity index (χ1v) is 16.8. The summed E-state index contributed by atoms with van der Waals surface area (Å²) in [4.78, 5) is 15.3. The van der Waals surface area contributed by atoms with Crippen LogP contribution in [0.3, 0.4) is 0 Å². The Hall–Kier alpha value is -5.49. The van der Waals surface area contributed by atoms with Crippen molar-refractivity contribution >= 4 is 53.1 Å². The third-order valence-corrected chi connectivity index (χ3v) is 10.6. The predicted molar refractivity (Wildman–Crippen MR) is 195 cm³/mol. The Bertz CT molecular complexity index is 2480. The van der Waals surface area contributed by atoms with E-state index in [4.69, 9.17) is 15.0 Å². The van der Waals surface area contributed by atoms with Gasteiger partial charge in [0.15, 0.2) is 5.82 Å². The molecule has 0 radical (unpaired) electrons. The first kappa shape index (κ1) is 26.9. The Morgan fingerprint density at radius 3 is 1.76 bits per heavy atom. The van der Waals surface area contributed by atoms with Gasteiger partial charge in [-0.2, -0.15) is 0 Å². The van der Waals surface area contributed by atoms with Gasteiger partial charge in [0.1, 0.15) is 5.01 Å². The molecule has 0 fully saturated rings. The number of benzene rings is 6. The second kappa shape index (κ2) is 11.1. The number of thiophene rings is 1. The molecule has 0 aliphatic rings. The van der Waals surface area contributed by atoms with Gasteiger partial charge in [0.2, 0.25) is 0 Å². The van der Waals surface area contributed by atoms with Gasteiger partial charge in [-0.15, -0.1) is 22.7 Å². The monoisotopic (exact) mass is 623 g/mol. The molecule has 3 aromatic heterocycles. The summed E-state index contributed by atoms with van der Waals surface area (Å²) in [6.45, 7) is 0. The van der Waals surface area contributed by atoms with Crippen molar-refractivity contribution in [2.75, 3.05) is 0 Å². The summed E-state index contributed by atoms with van der Waals surface area (Å²) in [6, 6.07) is 53.1. The fourth-order valence-electron chi connectivity index (χ4n) is 6.08. The van der Waals surface area contributed by atoms with Crippen molar-refractivity contribution in [3.63, 3.8) is 0 Å². The molecule has 3 heterocycles. The van der Waals surface area contributed by atoms with Gasteiger partial charge in [0.25, 0.3) is 0 Å². The molecule has 6 aromatic carbocycles. The SMILES string of the molecule is c1ccc(-c2ccc(-c3cc(-c4ccccc4)nc(-c4cccc5sc6cc(-c7nc8ccccc8s7)ccc6c45)n3)cc2)cc1. The largest absolute Gasteiger partial charge is 0.236 e. The van der Waals surface area contributed by atoms with Crippen molar-refractivity contribution < 1.29 is 0 Å². The molecule has 0 amide bonds. The molecular weight excluding hydrogens is 599 g/mol. The van der Waals surface area contributed by atoms with Gasteiger partial charge in [-0.05, 0) is 41.5 Å². The molecule has 9 aromatic rings. The standard InChI is InChI=1S/C41H25N3S2/c1-3-10-26(11-4-1)27-18-20-29(21-19-27)35-25-34(28-12-5-2-6-13-28)42-40(43-35)32-14-9-17-37-39(32)31-23-22-30(24-38(31)45-37)41-44-33-15-7-8-16-36(33)46-41/h1-25H. The van der Waals surface area contributed by atoms with E-state index in [2.05, 4.69) is 133 Å². The molecular formula is C41H25N3S2. The summed E-state index contributed by atoms with van der Waals surface area (Å²) in [5.41, 5.74) is 9.54. The number of rotatable bonds is 5. The van der Waals surface area contributed by atoms with Crippen molar-refractivity contribution in [2.45, 2.75) is 0 Å². The zero-order valence-corrected chi connectivity index (χ0v) is 26.2. The van der Waals surface area contributed by atoms with Crippen molar-refractivity contribution in [3.8, 4) is 55.6 Å². The Morgan fingerprint density at radius 1 is 0.391 bits per heavy atom. The van der Waals surface area contributed by atoms with Gasteiger partial charge in [-0.25, -0.2) is 15.0 Å². The summed E-state index contributed by atoms with van der Waals surface area (Å²) in [5.74, 6) is 0.726. The molecule has 0 aliphatic carbocycles. The van der Waals surface area contributed by atoms with E-state index in [1.165, 1.54) is 36.0 Å². The lowest BCUT2D eigenvalue weighted by molar-refractivity contribution is 1.19. The van der Waals surface area contributed by atoms with E-state index < -0.39 is 0 Å². The van der Waals surface area contributed by atoms with Crippen LogP contribution in [0.25, 0.3) is 86.0 Å². The average molecular weight is 624 g/mol. The maximum absolute atomic E-state index is 5.21. The van der Waals surface area contributed by atoms with Gasteiger partial charge in [-0.1, -0.05) is 121 Å². The van der Waals surface area contributed by atoms with Gasteiger partial charge in [0, 0.05) is 42.4 Å². The molecule has 46 heavy (non-hydrogen) atoms.